The highest BCUT2D eigenvalue weighted by Crippen LogP contribution is 2.18. The van der Waals surface area contributed by atoms with E-state index in [1.807, 2.05) is 31.2 Å². The summed E-state index contributed by atoms with van der Waals surface area (Å²) in [4.78, 5) is 0. The maximum absolute atomic E-state index is 8.84. The van der Waals surface area contributed by atoms with Crippen LogP contribution in [-0.2, 0) is 6.42 Å². The number of nitrogens with two attached hydrogens (primary N) is 1. The van der Waals surface area contributed by atoms with Crippen molar-refractivity contribution in [1.82, 2.24) is 0 Å². The highest BCUT2D eigenvalue weighted by Gasteiger charge is 2.02. The fraction of sp³-hybridized carbons (Fsp3) is 0.455. The zero-order chi connectivity index (χ0) is 10.4. The zero-order valence-corrected chi connectivity index (χ0v) is 8.44. The lowest BCUT2D eigenvalue weighted by atomic mass is 10.1. The molecule has 0 aromatic heterocycles. The van der Waals surface area contributed by atoms with Gasteiger partial charge in [0.1, 0.15) is 12.4 Å². The lowest BCUT2D eigenvalue weighted by Crippen LogP contribution is -2.24. The Morgan fingerprint density at radius 3 is 2.79 bits per heavy atom. The summed E-state index contributed by atoms with van der Waals surface area (Å²) < 4.78 is 5.52. The molecule has 3 heteroatoms. The van der Waals surface area contributed by atoms with E-state index in [0.29, 0.717) is 13.0 Å². The van der Waals surface area contributed by atoms with Crippen LogP contribution in [0.2, 0.25) is 0 Å². The summed E-state index contributed by atoms with van der Waals surface area (Å²) in [7, 11) is 0. The maximum atomic E-state index is 8.84. The standard InChI is InChI=1S/C11H17NO2/c1-9(12)8-14-11-5-3-2-4-10(11)6-7-13/h2-5,9,13H,6-8,12H2,1H3. The van der Waals surface area contributed by atoms with Gasteiger partial charge in [-0.05, 0) is 25.0 Å². The summed E-state index contributed by atoms with van der Waals surface area (Å²) in [6.45, 7) is 2.54. The topological polar surface area (TPSA) is 55.5 Å². The molecule has 3 N–H and O–H groups in total. The van der Waals surface area contributed by atoms with Crippen molar-refractivity contribution in [2.24, 2.45) is 5.73 Å². The summed E-state index contributed by atoms with van der Waals surface area (Å²) in [6, 6.07) is 7.72. The second kappa shape index (κ2) is 5.62. The van der Waals surface area contributed by atoms with Crippen molar-refractivity contribution in [3.8, 4) is 5.75 Å². The van der Waals surface area contributed by atoms with E-state index in [9.17, 15) is 0 Å². The van der Waals surface area contributed by atoms with E-state index >= 15 is 0 Å². The first kappa shape index (κ1) is 11.0. The van der Waals surface area contributed by atoms with Crippen molar-refractivity contribution < 1.29 is 9.84 Å². The average Bonchev–Trinajstić information content (AvgIpc) is 2.17. The number of hydrogen-bond donors (Lipinski definition) is 2. The minimum absolute atomic E-state index is 0.0252. The van der Waals surface area contributed by atoms with Crippen molar-refractivity contribution in [3.05, 3.63) is 29.8 Å². The second-order valence-corrected chi connectivity index (χ2v) is 3.37. The summed E-state index contributed by atoms with van der Waals surface area (Å²) in [5, 5.41) is 8.84. The minimum Gasteiger partial charge on any atom is -0.492 e. The Hall–Kier alpha value is -1.06. The molecule has 0 fully saturated rings. The van der Waals surface area contributed by atoms with E-state index in [1.54, 1.807) is 0 Å². The summed E-state index contributed by atoms with van der Waals surface area (Å²) >= 11 is 0. The molecule has 0 heterocycles. The molecule has 0 aliphatic heterocycles. The van der Waals surface area contributed by atoms with Gasteiger partial charge < -0.3 is 15.6 Å². The molecule has 0 saturated heterocycles. The van der Waals surface area contributed by atoms with Crippen molar-refractivity contribution in [2.75, 3.05) is 13.2 Å². The van der Waals surface area contributed by atoms with Crippen molar-refractivity contribution >= 4 is 0 Å². The third-order valence-corrected chi connectivity index (χ3v) is 1.86. The zero-order valence-electron chi connectivity index (χ0n) is 8.44. The largest absolute Gasteiger partial charge is 0.492 e. The first-order valence-corrected chi connectivity index (χ1v) is 4.81. The molecule has 0 spiro atoms. The highest BCUT2D eigenvalue weighted by molar-refractivity contribution is 5.33. The molecule has 0 bridgehead atoms. The molecule has 14 heavy (non-hydrogen) atoms. The van der Waals surface area contributed by atoms with Crippen LogP contribution in [0.15, 0.2) is 24.3 Å². The van der Waals surface area contributed by atoms with Gasteiger partial charge in [0.05, 0.1) is 0 Å². The average molecular weight is 195 g/mol. The SMILES string of the molecule is CC(N)COc1ccccc1CCO. The summed E-state index contributed by atoms with van der Waals surface area (Å²) in [6.07, 6.45) is 0.620. The monoisotopic (exact) mass is 195 g/mol. The Labute approximate surface area is 84.5 Å². The Balaban J connectivity index is 2.64. The maximum Gasteiger partial charge on any atom is 0.122 e. The predicted octanol–water partition coefficient (Wildman–Crippen LogP) is 0.947. The quantitative estimate of drug-likeness (QED) is 0.735. The van der Waals surface area contributed by atoms with Crippen LogP contribution in [-0.4, -0.2) is 24.4 Å². The van der Waals surface area contributed by atoms with Crippen molar-refractivity contribution in [3.63, 3.8) is 0 Å². The molecule has 3 nitrogen and oxygen atoms in total. The number of ether oxygens (including phenoxy) is 1. The molecule has 78 valence electrons. The molecule has 1 atom stereocenters. The predicted molar refractivity (Wildman–Crippen MR) is 56.4 cm³/mol. The van der Waals surface area contributed by atoms with Gasteiger partial charge >= 0.3 is 0 Å². The van der Waals surface area contributed by atoms with Gasteiger partial charge in [-0.2, -0.15) is 0 Å². The van der Waals surface area contributed by atoms with Gasteiger partial charge in [0.2, 0.25) is 0 Å². The van der Waals surface area contributed by atoms with E-state index in [1.165, 1.54) is 0 Å². The van der Waals surface area contributed by atoms with Crippen LogP contribution in [0.4, 0.5) is 0 Å². The molecule has 1 aromatic carbocycles. The van der Waals surface area contributed by atoms with Crippen LogP contribution in [0.1, 0.15) is 12.5 Å². The Bertz CT molecular complexity index is 274. The molecule has 0 saturated carbocycles. The number of hydrogen-bond acceptors (Lipinski definition) is 3. The summed E-state index contributed by atoms with van der Waals surface area (Å²) in [5.41, 5.74) is 6.61. The van der Waals surface area contributed by atoms with E-state index in [-0.39, 0.29) is 12.6 Å². The number of benzene rings is 1. The van der Waals surface area contributed by atoms with Gasteiger partial charge in [0, 0.05) is 12.6 Å². The minimum atomic E-state index is 0.0252. The number of rotatable bonds is 5. The molecule has 0 amide bonds. The lowest BCUT2D eigenvalue weighted by molar-refractivity contribution is 0.280. The first-order valence-electron chi connectivity index (χ1n) is 4.81. The third-order valence-electron chi connectivity index (χ3n) is 1.86. The van der Waals surface area contributed by atoms with Crippen molar-refractivity contribution in [2.45, 2.75) is 19.4 Å². The van der Waals surface area contributed by atoms with Crippen LogP contribution in [0.3, 0.4) is 0 Å². The van der Waals surface area contributed by atoms with Gasteiger partial charge in [0.25, 0.3) is 0 Å². The molecular formula is C11H17NO2. The van der Waals surface area contributed by atoms with E-state index in [0.717, 1.165) is 11.3 Å². The molecule has 1 rings (SSSR count). The van der Waals surface area contributed by atoms with Crippen LogP contribution in [0, 0.1) is 0 Å². The molecule has 1 aromatic rings. The van der Waals surface area contributed by atoms with Crippen LogP contribution < -0.4 is 10.5 Å². The van der Waals surface area contributed by atoms with Gasteiger partial charge in [0.15, 0.2) is 0 Å². The summed E-state index contributed by atoms with van der Waals surface area (Å²) in [5.74, 6) is 0.818. The fourth-order valence-electron chi connectivity index (χ4n) is 1.19. The van der Waals surface area contributed by atoms with Crippen molar-refractivity contribution in [1.29, 1.82) is 0 Å². The van der Waals surface area contributed by atoms with E-state index in [4.69, 9.17) is 15.6 Å². The smallest absolute Gasteiger partial charge is 0.122 e. The van der Waals surface area contributed by atoms with Crippen LogP contribution >= 0.6 is 0 Å². The van der Waals surface area contributed by atoms with Crippen LogP contribution in [0.25, 0.3) is 0 Å². The van der Waals surface area contributed by atoms with Gasteiger partial charge in [-0.3, -0.25) is 0 Å². The fourth-order valence-corrected chi connectivity index (χ4v) is 1.19. The Kier molecular flexibility index (Phi) is 4.43. The normalized spacial score (nSPS) is 12.5. The Morgan fingerprint density at radius 2 is 2.14 bits per heavy atom. The van der Waals surface area contributed by atoms with Gasteiger partial charge in [-0.1, -0.05) is 18.2 Å². The molecule has 0 aliphatic rings. The second-order valence-electron chi connectivity index (χ2n) is 3.37. The van der Waals surface area contributed by atoms with E-state index < -0.39 is 0 Å². The van der Waals surface area contributed by atoms with Crippen LogP contribution in [0.5, 0.6) is 5.75 Å². The molecule has 1 unspecified atom stereocenters. The molecule has 0 aliphatic carbocycles. The lowest BCUT2D eigenvalue weighted by Gasteiger charge is -2.12. The number of para-hydroxylation sites is 1. The van der Waals surface area contributed by atoms with Gasteiger partial charge in [-0.25, -0.2) is 0 Å². The van der Waals surface area contributed by atoms with Gasteiger partial charge in [-0.15, -0.1) is 0 Å². The number of aliphatic hydroxyl groups is 1. The highest BCUT2D eigenvalue weighted by atomic mass is 16.5. The number of aliphatic hydroxyl groups excluding tert-OH is 1. The van der Waals surface area contributed by atoms with E-state index in [2.05, 4.69) is 0 Å². The molecule has 0 radical (unpaired) electrons. The third kappa shape index (κ3) is 3.36. The first-order chi connectivity index (χ1) is 6.74. The Morgan fingerprint density at radius 1 is 1.43 bits per heavy atom. The molecular weight excluding hydrogens is 178 g/mol.